The van der Waals surface area contributed by atoms with E-state index in [1.807, 2.05) is 19.1 Å². The topological polar surface area (TPSA) is 87.7 Å². The van der Waals surface area contributed by atoms with Crippen LogP contribution in [0.5, 0.6) is 0 Å². The lowest BCUT2D eigenvalue weighted by Crippen LogP contribution is -2.14. The van der Waals surface area contributed by atoms with Gasteiger partial charge in [-0.05, 0) is 43.3 Å². The fourth-order valence-electron chi connectivity index (χ4n) is 1.69. The summed E-state index contributed by atoms with van der Waals surface area (Å²) in [5.74, 6) is -0.150. The number of benzene rings is 2. The SMILES string of the molecule is Cc1ccc(C(=O)Nc2ccc(/C(N)=N/O)cc2)cc1. The van der Waals surface area contributed by atoms with Crippen molar-refractivity contribution in [3.63, 3.8) is 0 Å². The van der Waals surface area contributed by atoms with Crippen LogP contribution >= 0.6 is 0 Å². The van der Waals surface area contributed by atoms with Crippen LogP contribution in [-0.2, 0) is 0 Å². The van der Waals surface area contributed by atoms with E-state index in [4.69, 9.17) is 10.9 Å². The molecule has 2 aromatic rings. The molecule has 0 unspecified atom stereocenters. The molecule has 0 aliphatic rings. The summed E-state index contributed by atoms with van der Waals surface area (Å²) in [5, 5.41) is 14.3. The van der Waals surface area contributed by atoms with Crippen molar-refractivity contribution in [3.05, 3.63) is 65.2 Å². The van der Waals surface area contributed by atoms with Crippen molar-refractivity contribution in [2.24, 2.45) is 10.9 Å². The Kier molecular flexibility index (Phi) is 4.00. The predicted molar refractivity (Wildman–Crippen MR) is 78.1 cm³/mol. The molecular weight excluding hydrogens is 254 g/mol. The van der Waals surface area contributed by atoms with E-state index in [1.165, 1.54) is 0 Å². The van der Waals surface area contributed by atoms with E-state index in [0.29, 0.717) is 16.8 Å². The maximum Gasteiger partial charge on any atom is 0.255 e. The highest BCUT2D eigenvalue weighted by Crippen LogP contribution is 2.12. The molecule has 0 saturated carbocycles. The van der Waals surface area contributed by atoms with Gasteiger partial charge < -0.3 is 16.3 Å². The molecule has 1 amide bonds. The van der Waals surface area contributed by atoms with Crippen LogP contribution in [0.25, 0.3) is 0 Å². The Balaban J connectivity index is 2.10. The van der Waals surface area contributed by atoms with Gasteiger partial charge in [-0.3, -0.25) is 4.79 Å². The van der Waals surface area contributed by atoms with Crippen molar-refractivity contribution < 1.29 is 10.0 Å². The van der Waals surface area contributed by atoms with Crippen LogP contribution in [0.4, 0.5) is 5.69 Å². The number of anilines is 1. The van der Waals surface area contributed by atoms with Gasteiger partial charge in [0.15, 0.2) is 5.84 Å². The van der Waals surface area contributed by atoms with E-state index >= 15 is 0 Å². The van der Waals surface area contributed by atoms with Crippen LogP contribution in [0.2, 0.25) is 0 Å². The van der Waals surface area contributed by atoms with Crippen molar-refractivity contribution in [3.8, 4) is 0 Å². The normalized spacial score (nSPS) is 11.2. The molecule has 0 heterocycles. The van der Waals surface area contributed by atoms with Crippen molar-refractivity contribution in [2.75, 3.05) is 5.32 Å². The number of nitrogens with two attached hydrogens (primary N) is 1. The van der Waals surface area contributed by atoms with Crippen molar-refractivity contribution in [1.29, 1.82) is 0 Å². The summed E-state index contributed by atoms with van der Waals surface area (Å²) >= 11 is 0. The second kappa shape index (κ2) is 5.88. The highest BCUT2D eigenvalue weighted by molar-refractivity contribution is 6.04. The van der Waals surface area contributed by atoms with Gasteiger partial charge in [0.25, 0.3) is 5.91 Å². The van der Waals surface area contributed by atoms with Gasteiger partial charge in [0.2, 0.25) is 0 Å². The van der Waals surface area contributed by atoms with Crippen LogP contribution in [0.3, 0.4) is 0 Å². The number of amides is 1. The molecule has 0 saturated heterocycles. The van der Waals surface area contributed by atoms with E-state index in [-0.39, 0.29) is 11.7 Å². The minimum atomic E-state index is -0.179. The first kappa shape index (κ1) is 13.6. The molecule has 20 heavy (non-hydrogen) atoms. The molecule has 5 heteroatoms. The summed E-state index contributed by atoms with van der Waals surface area (Å²) in [6, 6.07) is 14.0. The number of hydrogen-bond acceptors (Lipinski definition) is 3. The zero-order valence-corrected chi connectivity index (χ0v) is 11.0. The van der Waals surface area contributed by atoms with E-state index in [9.17, 15) is 4.79 Å². The van der Waals surface area contributed by atoms with Gasteiger partial charge in [-0.2, -0.15) is 0 Å². The van der Waals surface area contributed by atoms with Gasteiger partial charge in [-0.15, -0.1) is 0 Å². The molecule has 102 valence electrons. The zero-order chi connectivity index (χ0) is 14.5. The molecule has 0 spiro atoms. The summed E-state index contributed by atoms with van der Waals surface area (Å²) in [6.07, 6.45) is 0. The molecule has 0 aliphatic heterocycles. The fourth-order valence-corrected chi connectivity index (χ4v) is 1.69. The Hall–Kier alpha value is -2.82. The molecule has 0 bridgehead atoms. The first-order valence-corrected chi connectivity index (χ1v) is 6.06. The number of amidine groups is 1. The molecule has 4 N–H and O–H groups in total. The van der Waals surface area contributed by atoms with Crippen LogP contribution in [0.1, 0.15) is 21.5 Å². The van der Waals surface area contributed by atoms with Crippen molar-refractivity contribution >= 4 is 17.4 Å². The zero-order valence-electron chi connectivity index (χ0n) is 11.0. The van der Waals surface area contributed by atoms with Crippen molar-refractivity contribution in [1.82, 2.24) is 0 Å². The Morgan fingerprint density at radius 3 is 2.15 bits per heavy atom. The van der Waals surface area contributed by atoms with E-state index < -0.39 is 0 Å². The van der Waals surface area contributed by atoms with Gasteiger partial charge in [0.05, 0.1) is 0 Å². The number of nitrogens with zero attached hydrogens (tertiary/aromatic N) is 1. The highest BCUT2D eigenvalue weighted by atomic mass is 16.4. The maximum absolute atomic E-state index is 12.0. The summed E-state index contributed by atoms with van der Waals surface area (Å²) < 4.78 is 0. The van der Waals surface area contributed by atoms with Crippen LogP contribution < -0.4 is 11.1 Å². The Bertz CT molecular complexity index is 631. The number of hydrogen-bond donors (Lipinski definition) is 3. The molecular formula is C15H15N3O2. The molecule has 2 aromatic carbocycles. The summed E-state index contributed by atoms with van der Waals surface area (Å²) in [7, 11) is 0. The molecule has 0 aromatic heterocycles. The lowest BCUT2D eigenvalue weighted by Gasteiger charge is -2.06. The van der Waals surface area contributed by atoms with Gasteiger partial charge >= 0.3 is 0 Å². The molecule has 0 fully saturated rings. The third-order valence-electron chi connectivity index (χ3n) is 2.86. The quantitative estimate of drug-likeness (QED) is 0.346. The summed E-state index contributed by atoms with van der Waals surface area (Å²) in [4.78, 5) is 12.0. The number of carbonyl (C=O) groups is 1. The Morgan fingerprint density at radius 1 is 1.05 bits per heavy atom. The fraction of sp³-hybridized carbons (Fsp3) is 0.0667. The minimum absolute atomic E-state index is 0.0291. The molecule has 5 nitrogen and oxygen atoms in total. The standard InChI is InChI=1S/C15H15N3O2/c1-10-2-4-12(5-3-10)15(19)17-13-8-6-11(7-9-13)14(16)18-20/h2-9,20H,1H3,(H2,16,18)(H,17,19). The summed E-state index contributed by atoms with van der Waals surface area (Å²) in [6.45, 7) is 1.97. The van der Waals surface area contributed by atoms with E-state index in [2.05, 4.69) is 10.5 Å². The lowest BCUT2D eigenvalue weighted by atomic mass is 10.1. The first-order valence-electron chi connectivity index (χ1n) is 6.06. The average molecular weight is 269 g/mol. The van der Waals surface area contributed by atoms with E-state index in [0.717, 1.165) is 5.56 Å². The lowest BCUT2D eigenvalue weighted by molar-refractivity contribution is 0.102. The maximum atomic E-state index is 12.0. The number of oxime groups is 1. The van der Waals surface area contributed by atoms with Gasteiger partial charge in [-0.1, -0.05) is 22.9 Å². The number of carbonyl (C=O) groups excluding carboxylic acids is 1. The largest absolute Gasteiger partial charge is 0.409 e. The number of nitrogens with one attached hydrogen (secondary N) is 1. The monoisotopic (exact) mass is 269 g/mol. The minimum Gasteiger partial charge on any atom is -0.409 e. The molecule has 0 radical (unpaired) electrons. The van der Waals surface area contributed by atoms with Crippen LogP contribution in [-0.4, -0.2) is 17.0 Å². The second-order valence-corrected chi connectivity index (χ2v) is 4.38. The van der Waals surface area contributed by atoms with Gasteiger partial charge in [-0.25, -0.2) is 0 Å². The van der Waals surface area contributed by atoms with Crippen molar-refractivity contribution in [2.45, 2.75) is 6.92 Å². The van der Waals surface area contributed by atoms with Crippen LogP contribution in [0, 0.1) is 6.92 Å². The Morgan fingerprint density at radius 2 is 1.60 bits per heavy atom. The average Bonchev–Trinajstić information content (AvgIpc) is 2.48. The number of aryl methyl sites for hydroxylation is 1. The first-order chi connectivity index (χ1) is 9.60. The molecule has 0 atom stereocenters. The third kappa shape index (κ3) is 3.14. The number of rotatable bonds is 3. The predicted octanol–water partition coefficient (Wildman–Crippen LogP) is 2.34. The van der Waals surface area contributed by atoms with Crippen LogP contribution in [0.15, 0.2) is 53.7 Å². The van der Waals surface area contributed by atoms with Gasteiger partial charge in [0, 0.05) is 16.8 Å². The summed E-state index contributed by atoms with van der Waals surface area (Å²) in [5.41, 5.74) is 8.39. The van der Waals surface area contributed by atoms with E-state index in [1.54, 1.807) is 36.4 Å². The smallest absolute Gasteiger partial charge is 0.255 e. The molecule has 0 aliphatic carbocycles. The highest BCUT2D eigenvalue weighted by Gasteiger charge is 2.06. The molecule has 2 rings (SSSR count). The Labute approximate surface area is 116 Å². The third-order valence-corrected chi connectivity index (χ3v) is 2.86. The second-order valence-electron chi connectivity index (χ2n) is 4.38. The van der Waals surface area contributed by atoms with Gasteiger partial charge in [0.1, 0.15) is 0 Å².